The molecular formula is C21H19N3O2. The van der Waals surface area contributed by atoms with Gasteiger partial charge in [-0.1, -0.05) is 30.3 Å². The van der Waals surface area contributed by atoms with Crippen LogP contribution in [0.1, 0.15) is 24.0 Å². The van der Waals surface area contributed by atoms with Crippen LogP contribution in [0.2, 0.25) is 0 Å². The molecule has 3 aromatic rings. The highest BCUT2D eigenvalue weighted by Crippen LogP contribution is 2.52. The van der Waals surface area contributed by atoms with Crippen LogP contribution >= 0.6 is 0 Å². The summed E-state index contributed by atoms with van der Waals surface area (Å²) in [5.41, 5.74) is 3.30. The lowest BCUT2D eigenvalue weighted by Gasteiger charge is -2.35. The van der Waals surface area contributed by atoms with Crippen molar-refractivity contribution in [2.75, 3.05) is 11.9 Å². The van der Waals surface area contributed by atoms with Crippen LogP contribution < -0.4 is 10.9 Å². The van der Waals surface area contributed by atoms with Crippen LogP contribution in [0.15, 0.2) is 59.5 Å². The number of fused-ring (bicyclic) bond motifs is 3. The molecule has 0 radical (unpaired) electrons. The number of carbonyl (C=O) groups excluding carboxylic acids is 1. The van der Waals surface area contributed by atoms with Gasteiger partial charge in [-0.05, 0) is 42.2 Å². The molecule has 1 fully saturated rings. The van der Waals surface area contributed by atoms with E-state index >= 15 is 0 Å². The van der Waals surface area contributed by atoms with Gasteiger partial charge in [-0.15, -0.1) is 0 Å². The predicted molar refractivity (Wildman–Crippen MR) is 101 cm³/mol. The second-order valence-corrected chi connectivity index (χ2v) is 7.30. The van der Waals surface area contributed by atoms with Gasteiger partial charge in [0.05, 0.1) is 5.69 Å². The van der Waals surface area contributed by atoms with Crippen LogP contribution in [0.5, 0.6) is 0 Å². The third-order valence-corrected chi connectivity index (χ3v) is 5.64. The van der Waals surface area contributed by atoms with Crippen LogP contribution in [0.4, 0.5) is 10.5 Å². The fraction of sp³-hybridized carbons (Fsp3) is 0.238. The Kier molecular flexibility index (Phi) is 3.19. The summed E-state index contributed by atoms with van der Waals surface area (Å²) in [6.45, 7) is 1.37. The molecule has 26 heavy (non-hydrogen) atoms. The van der Waals surface area contributed by atoms with Crippen molar-refractivity contribution in [3.05, 3.63) is 76.2 Å². The van der Waals surface area contributed by atoms with Gasteiger partial charge in [0.1, 0.15) is 0 Å². The second-order valence-electron chi connectivity index (χ2n) is 7.30. The van der Waals surface area contributed by atoms with Crippen molar-refractivity contribution in [1.82, 2.24) is 9.88 Å². The van der Waals surface area contributed by atoms with Crippen molar-refractivity contribution in [2.24, 2.45) is 0 Å². The predicted octanol–water partition coefficient (Wildman–Crippen LogP) is 3.61. The molecule has 1 aliphatic carbocycles. The third kappa shape index (κ3) is 2.31. The van der Waals surface area contributed by atoms with E-state index in [1.807, 2.05) is 23.1 Å². The summed E-state index contributed by atoms with van der Waals surface area (Å²) >= 11 is 0. The van der Waals surface area contributed by atoms with Gasteiger partial charge in [-0.3, -0.25) is 4.79 Å². The third-order valence-electron chi connectivity index (χ3n) is 5.64. The molecule has 1 aromatic heterocycles. The molecule has 2 N–H and O–H groups in total. The van der Waals surface area contributed by atoms with Gasteiger partial charge in [0.15, 0.2) is 0 Å². The number of nitrogens with one attached hydrogen (secondary N) is 2. The highest BCUT2D eigenvalue weighted by atomic mass is 16.2. The van der Waals surface area contributed by atoms with Gasteiger partial charge < -0.3 is 15.2 Å². The smallest absolute Gasteiger partial charge is 0.322 e. The zero-order chi connectivity index (χ0) is 17.7. The second kappa shape index (κ2) is 5.46. The van der Waals surface area contributed by atoms with E-state index in [2.05, 4.69) is 28.5 Å². The average Bonchev–Trinajstić information content (AvgIpc) is 3.42. The molecule has 2 amide bonds. The number of urea groups is 1. The lowest BCUT2D eigenvalue weighted by atomic mass is 9.87. The summed E-state index contributed by atoms with van der Waals surface area (Å²) in [5.74, 6) is 0. The van der Waals surface area contributed by atoms with Crippen LogP contribution in [-0.2, 0) is 12.0 Å². The Hall–Kier alpha value is -3.08. The van der Waals surface area contributed by atoms with Crippen molar-refractivity contribution in [2.45, 2.75) is 24.8 Å². The molecule has 2 heterocycles. The molecule has 0 unspecified atom stereocenters. The molecule has 130 valence electrons. The Bertz CT molecular complexity index is 1080. The highest BCUT2D eigenvalue weighted by Gasteiger charge is 2.49. The maximum Gasteiger partial charge on any atom is 0.322 e. The molecule has 1 aliphatic heterocycles. The fourth-order valence-corrected chi connectivity index (χ4v) is 4.13. The van der Waals surface area contributed by atoms with Crippen molar-refractivity contribution in [3.63, 3.8) is 0 Å². The lowest BCUT2D eigenvalue weighted by molar-refractivity contribution is 0.197. The zero-order valence-electron chi connectivity index (χ0n) is 14.3. The average molecular weight is 345 g/mol. The first kappa shape index (κ1) is 15.2. The summed E-state index contributed by atoms with van der Waals surface area (Å²) in [5, 5.41) is 4.34. The number of rotatable bonds is 1. The summed E-state index contributed by atoms with van der Waals surface area (Å²) < 4.78 is 0. The van der Waals surface area contributed by atoms with E-state index in [-0.39, 0.29) is 17.0 Å². The first-order valence-corrected chi connectivity index (χ1v) is 8.91. The number of benzene rings is 2. The minimum Gasteiger partial charge on any atom is -0.329 e. The van der Waals surface area contributed by atoms with Crippen molar-refractivity contribution in [3.8, 4) is 0 Å². The largest absolute Gasteiger partial charge is 0.329 e. The first-order valence-electron chi connectivity index (χ1n) is 8.91. The molecule has 2 aromatic carbocycles. The van der Waals surface area contributed by atoms with Crippen LogP contribution in [-0.4, -0.2) is 22.5 Å². The van der Waals surface area contributed by atoms with Crippen LogP contribution in [0.3, 0.4) is 0 Å². The van der Waals surface area contributed by atoms with E-state index in [0.29, 0.717) is 17.6 Å². The molecule has 1 saturated carbocycles. The Morgan fingerprint density at radius 2 is 1.88 bits per heavy atom. The Morgan fingerprint density at radius 1 is 1.04 bits per heavy atom. The molecule has 0 bridgehead atoms. The standard InChI is InChI=1S/C21H19N3O2/c25-19-16-5-3-7-18(15(16)8-11-22-19)23-20(26)24-12-14-4-1-2-6-17(14)21(13-24)9-10-21/h1-8,11H,9-10,12-13H2,(H,22,25)(H,23,26). The van der Waals surface area contributed by atoms with Gasteiger partial charge in [-0.2, -0.15) is 0 Å². The molecular weight excluding hydrogens is 326 g/mol. The Labute approximate surface area is 150 Å². The van der Waals surface area contributed by atoms with Crippen molar-refractivity contribution < 1.29 is 4.79 Å². The molecule has 0 saturated heterocycles. The summed E-state index contributed by atoms with van der Waals surface area (Å²) in [6, 6.07) is 15.5. The van der Waals surface area contributed by atoms with Gasteiger partial charge in [-0.25, -0.2) is 4.79 Å². The summed E-state index contributed by atoms with van der Waals surface area (Å²) in [4.78, 5) is 29.5. The van der Waals surface area contributed by atoms with Crippen LogP contribution in [0, 0.1) is 0 Å². The quantitative estimate of drug-likeness (QED) is 0.708. The molecule has 0 atom stereocenters. The first-order chi connectivity index (χ1) is 12.7. The molecule has 5 rings (SSSR count). The van der Waals surface area contributed by atoms with E-state index in [1.54, 1.807) is 18.3 Å². The normalized spacial score (nSPS) is 17.2. The number of amides is 2. The SMILES string of the molecule is O=C(Nc1cccc2c(=O)[nH]ccc12)N1Cc2ccccc2C2(CC2)C1. The number of anilines is 1. The minimum absolute atomic E-state index is 0.112. The number of nitrogens with zero attached hydrogens (tertiary/aromatic N) is 1. The van der Waals surface area contributed by atoms with Gasteiger partial charge in [0.2, 0.25) is 0 Å². The Morgan fingerprint density at radius 3 is 2.73 bits per heavy atom. The van der Waals surface area contributed by atoms with E-state index in [9.17, 15) is 9.59 Å². The number of hydrogen-bond acceptors (Lipinski definition) is 2. The molecule has 5 nitrogen and oxygen atoms in total. The van der Waals surface area contributed by atoms with E-state index in [1.165, 1.54) is 11.1 Å². The number of carbonyl (C=O) groups is 1. The van der Waals surface area contributed by atoms with Crippen LogP contribution in [0.25, 0.3) is 10.8 Å². The molecule has 5 heteroatoms. The number of hydrogen-bond donors (Lipinski definition) is 2. The van der Waals surface area contributed by atoms with Gasteiger partial charge in [0, 0.05) is 35.5 Å². The fourth-order valence-electron chi connectivity index (χ4n) is 4.13. The highest BCUT2D eigenvalue weighted by molar-refractivity contribution is 6.01. The zero-order valence-corrected chi connectivity index (χ0v) is 14.3. The number of aromatic nitrogens is 1. The van der Waals surface area contributed by atoms with Crippen molar-refractivity contribution >= 4 is 22.5 Å². The van der Waals surface area contributed by atoms with Gasteiger partial charge in [0.25, 0.3) is 5.56 Å². The molecule has 1 spiro atoms. The number of H-pyrrole nitrogens is 1. The maximum atomic E-state index is 13.0. The number of pyridine rings is 1. The van der Waals surface area contributed by atoms with E-state index < -0.39 is 0 Å². The summed E-state index contributed by atoms with van der Waals surface area (Å²) in [7, 11) is 0. The van der Waals surface area contributed by atoms with E-state index in [0.717, 1.165) is 24.8 Å². The topological polar surface area (TPSA) is 65.2 Å². The molecule has 2 aliphatic rings. The Balaban J connectivity index is 1.46. The monoisotopic (exact) mass is 345 g/mol. The number of aromatic amines is 1. The van der Waals surface area contributed by atoms with Gasteiger partial charge >= 0.3 is 6.03 Å². The van der Waals surface area contributed by atoms with E-state index in [4.69, 9.17) is 0 Å². The minimum atomic E-state index is -0.151. The lowest BCUT2D eigenvalue weighted by Crippen LogP contribution is -2.43. The maximum absolute atomic E-state index is 13.0. The van der Waals surface area contributed by atoms with Crippen molar-refractivity contribution in [1.29, 1.82) is 0 Å². The summed E-state index contributed by atoms with van der Waals surface area (Å²) in [6.07, 6.45) is 3.88.